The first-order valence-electron chi connectivity index (χ1n) is 2.00. The molecular weight excluding hydrogens is 729 g/mol. The molecule has 0 saturated heterocycles. The summed E-state index contributed by atoms with van der Waals surface area (Å²) in [6.45, 7) is 0. The van der Waals surface area contributed by atoms with Crippen LogP contribution in [0.2, 0.25) is 0 Å². The van der Waals surface area contributed by atoms with E-state index in [-0.39, 0.29) is 148 Å². The summed E-state index contributed by atoms with van der Waals surface area (Å²) in [6, 6.07) is 0. The summed E-state index contributed by atoms with van der Waals surface area (Å²) in [5.41, 5.74) is 0. The fourth-order valence-electron chi connectivity index (χ4n) is 0. The second kappa shape index (κ2) is 17.7. The fourth-order valence-corrected chi connectivity index (χ4v) is 0. The van der Waals surface area contributed by atoms with E-state index >= 15 is 0 Å². The minimum atomic E-state index is -5.17. The first-order chi connectivity index (χ1) is 6.00. The molecule has 0 fully saturated rings. The van der Waals surface area contributed by atoms with E-state index in [1.165, 1.54) is 0 Å². The Hall–Kier alpha value is 4.35. The van der Waals surface area contributed by atoms with Crippen LogP contribution in [-0.4, -0.2) is 101 Å². The molecule has 0 aromatic carbocycles. The van der Waals surface area contributed by atoms with Crippen LogP contribution in [0.15, 0.2) is 0 Å². The Labute approximate surface area is 225 Å². The molecule has 0 bridgehead atoms. The second-order valence-corrected chi connectivity index (χ2v) is 3.67. The number of rotatable bonds is 0. The summed E-state index contributed by atoms with van der Waals surface area (Å²) in [5.74, 6) is 0. The zero-order valence-corrected chi connectivity index (χ0v) is 14.2. The summed E-state index contributed by atoms with van der Waals surface area (Å²) < 4.78 is 102. The van der Waals surface area contributed by atoms with Gasteiger partial charge in [0.1, 0.15) is 0 Å². The first kappa shape index (κ1) is 38.1. The zero-order valence-electron chi connectivity index (χ0n) is 6.88. The van der Waals surface area contributed by atoms with Gasteiger partial charge in [0.05, 0.1) is 0 Å². The van der Waals surface area contributed by atoms with Gasteiger partial charge in [0.15, 0.2) is 0 Å². The predicted molar refractivity (Wildman–Crippen MR) is 40.0 cm³/mol. The Kier molecular flexibility index (Phi) is 37.5. The third-order valence-corrected chi connectivity index (χ3v) is 0. The average molecular weight is 731 g/mol. The second-order valence-electron chi connectivity index (χ2n) is 1.22. The molecule has 18 heavy (non-hydrogen) atoms. The molecule has 0 spiro atoms. The molecular formula is H2BaEu2O12S3. The molecule has 12 nitrogen and oxygen atoms in total. The van der Waals surface area contributed by atoms with Gasteiger partial charge in [-0.2, -0.15) is 0 Å². The summed E-state index contributed by atoms with van der Waals surface area (Å²) in [7, 11) is -15.5. The van der Waals surface area contributed by atoms with Gasteiger partial charge in [-0.05, 0) is 0 Å². The van der Waals surface area contributed by atoms with Crippen LogP contribution in [0.4, 0.5) is 0 Å². The van der Waals surface area contributed by atoms with Gasteiger partial charge >= 0.3 is 148 Å². The maximum Gasteiger partial charge on any atom is 3.00 e. The van der Waals surface area contributed by atoms with Crippen molar-refractivity contribution in [2.45, 2.75) is 0 Å². The van der Waals surface area contributed by atoms with E-state index in [1.54, 1.807) is 0 Å². The SMILES string of the molecule is O=S(=O)([O-])[O-].O=S(=O)([O-])[O-].O=S(=O)([O-])[O-].[BaH2].[Eu+3].[Eu+3]. The molecule has 0 N–H and O–H groups in total. The zero-order chi connectivity index (χ0) is 13.5. The number of hydrogen-bond donors (Lipinski definition) is 0. The van der Waals surface area contributed by atoms with Crippen LogP contribution in [0, 0.1) is 98.8 Å². The van der Waals surface area contributed by atoms with Crippen LogP contribution in [0.3, 0.4) is 0 Å². The average Bonchev–Trinajstić information content (AvgIpc) is 1.41. The van der Waals surface area contributed by atoms with E-state index in [0.717, 1.165) is 0 Å². The molecule has 108 valence electrons. The van der Waals surface area contributed by atoms with Crippen molar-refractivity contribution in [1.29, 1.82) is 0 Å². The quantitative estimate of drug-likeness (QED) is 0.129. The van der Waals surface area contributed by atoms with Gasteiger partial charge in [-0.3, -0.25) is 25.3 Å². The fraction of sp³-hybridized carbons (Fsp3) is 0. The Morgan fingerprint density at radius 3 is 0.444 bits per heavy atom. The molecule has 0 aromatic heterocycles. The topological polar surface area (TPSA) is 241 Å². The smallest absolute Gasteiger partial charge is 3.00 e. The Balaban J connectivity index is -0.0000000277. The van der Waals surface area contributed by atoms with Crippen molar-refractivity contribution in [3.05, 3.63) is 0 Å². The molecule has 0 atom stereocenters. The van der Waals surface area contributed by atoms with Gasteiger partial charge in [-0.1, -0.05) is 0 Å². The van der Waals surface area contributed by atoms with Crippen molar-refractivity contribution in [2.24, 2.45) is 0 Å². The molecule has 0 saturated carbocycles. The van der Waals surface area contributed by atoms with E-state index in [0.29, 0.717) is 0 Å². The third-order valence-electron chi connectivity index (χ3n) is 0. The van der Waals surface area contributed by atoms with Crippen molar-refractivity contribution >= 4 is 80.1 Å². The van der Waals surface area contributed by atoms with E-state index in [1.807, 2.05) is 0 Å². The van der Waals surface area contributed by atoms with Gasteiger partial charge in [0.2, 0.25) is 0 Å². The standard InChI is InChI=1S/Ba.2Eu.3H2O4S.2H/c;;;3*1-5(2,3)4;;/h;;;3*(H2,1,2,3,4);;/q;2*+3;;;;;/p-6. The van der Waals surface area contributed by atoms with Crippen molar-refractivity contribution in [1.82, 2.24) is 0 Å². The van der Waals surface area contributed by atoms with Gasteiger partial charge in [0, 0.05) is 31.2 Å². The summed E-state index contributed by atoms with van der Waals surface area (Å²) in [6.07, 6.45) is 0. The normalized spacial score (nSPS) is 9.67. The molecule has 0 rings (SSSR count). The van der Waals surface area contributed by atoms with Gasteiger partial charge in [-0.15, -0.1) is 0 Å². The van der Waals surface area contributed by atoms with Crippen molar-refractivity contribution in [3.63, 3.8) is 0 Å². The van der Waals surface area contributed by atoms with Crippen LogP contribution < -0.4 is 0 Å². The largest absolute Gasteiger partial charge is 3.00 e. The molecule has 0 amide bonds. The maximum absolute atomic E-state index is 8.52. The van der Waals surface area contributed by atoms with Crippen LogP contribution in [0.25, 0.3) is 0 Å². The summed E-state index contributed by atoms with van der Waals surface area (Å²) >= 11 is 0. The maximum atomic E-state index is 8.52. The monoisotopic (exact) mass is 734 g/mol. The Bertz CT molecular complexity index is 346. The van der Waals surface area contributed by atoms with E-state index < -0.39 is 31.2 Å². The molecule has 0 unspecified atom stereocenters. The van der Waals surface area contributed by atoms with E-state index in [4.69, 9.17) is 52.6 Å². The van der Waals surface area contributed by atoms with Gasteiger partial charge in [0.25, 0.3) is 0 Å². The van der Waals surface area contributed by atoms with Crippen molar-refractivity contribution in [3.8, 4) is 0 Å². The first-order valence-corrected chi connectivity index (χ1v) is 6.00. The minimum Gasteiger partial charge on any atom is 3.00 e. The van der Waals surface area contributed by atoms with E-state index in [9.17, 15) is 0 Å². The summed E-state index contributed by atoms with van der Waals surface area (Å²) in [4.78, 5) is 0. The summed E-state index contributed by atoms with van der Waals surface area (Å²) in [5, 5.41) is 0. The van der Waals surface area contributed by atoms with Crippen LogP contribution in [-0.2, 0) is 31.2 Å². The Morgan fingerprint density at radius 1 is 0.444 bits per heavy atom. The number of hydrogen-bond acceptors (Lipinski definition) is 12. The molecule has 0 aliphatic carbocycles. The van der Waals surface area contributed by atoms with Gasteiger partial charge < -0.3 is 27.3 Å². The Morgan fingerprint density at radius 2 is 0.444 bits per heavy atom. The van der Waals surface area contributed by atoms with Crippen molar-refractivity contribution < 1.29 is 151 Å². The molecule has 0 aliphatic heterocycles. The molecule has 18 heteroatoms. The van der Waals surface area contributed by atoms with Crippen LogP contribution >= 0.6 is 0 Å². The van der Waals surface area contributed by atoms with Crippen LogP contribution in [0.1, 0.15) is 0 Å². The van der Waals surface area contributed by atoms with Crippen molar-refractivity contribution in [2.75, 3.05) is 0 Å². The molecule has 0 radical (unpaired) electrons. The molecule has 0 heterocycles. The molecule has 0 aliphatic rings. The minimum absolute atomic E-state index is 0. The predicted octanol–water partition coefficient (Wildman–Crippen LogP) is -4.93. The van der Waals surface area contributed by atoms with Gasteiger partial charge in [-0.25, -0.2) is 0 Å². The van der Waals surface area contributed by atoms with E-state index in [2.05, 4.69) is 0 Å². The molecule has 0 aromatic rings. The van der Waals surface area contributed by atoms with Crippen LogP contribution in [0.5, 0.6) is 0 Å². The third kappa shape index (κ3) is 403.